The Morgan fingerprint density at radius 3 is 2.50 bits per heavy atom. The van der Waals surface area contributed by atoms with Crippen molar-refractivity contribution in [1.29, 1.82) is 0 Å². The molecule has 0 saturated carbocycles. The standard InChI is InChI=1S/C9H12N2O/c1-7(9(10)12)11-8-5-3-2-4-6-8/h2-7,11H,1H3,(H2,10,12). The van der Waals surface area contributed by atoms with Gasteiger partial charge >= 0.3 is 0 Å². The Hall–Kier alpha value is -1.51. The molecule has 3 nitrogen and oxygen atoms in total. The molecular weight excluding hydrogens is 152 g/mol. The fourth-order valence-electron chi connectivity index (χ4n) is 0.856. The molecule has 3 heteroatoms. The van der Waals surface area contributed by atoms with Gasteiger partial charge in [-0.15, -0.1) is 0 Å². The fraction of sp³-hybridized carbons (Fsp3) is 0.222. The van der Waals surface area contributed by atoms with Crippen molar-refractivity contribution in [3.63, 3.8) is 0 Å². The summed E-state index contributed by atoms with van der Waals surface area (Å²) in [6.45, 7) is 1.73. The highest BCUT2D eigenvalue weighted by Crippen LogP contribution is 2.06. The first-order valence-electron chi connectivity index (χ1n) is 3.81. The number of carbonyl (C=O) groups is 1. The average molecular weight is 164 g/mol. The van der Waals surface area contributed by atoms with Gasteiger partial charge in [0, 0.05) is 5.69 Å². The van der Waals surface area contributed by atoms with Crippen LogP contribution in [-0.2, 0) is 4.79 Å². The number of amides is 1. The summed E-state index contributed by atoms with van der Waals surface area (Å²) < 4.78 is 0. The Labute approximate surface area is 71.6 Å². The molecule has 1 atom stereocenters. The highest BCUT2D eigenvalue weighted by atomic mass is 16.1. The molecule has 12 heavy (non-hydrogen) atoms. The van der Waals surface area contributed by atoms with E-state index in [9.17, 15) is 4.79 Å². The van der Waals surface area contributed by atoms with Crippen LogP contribution in [0.4, 0.5) is 5.69 Å². The molecule has 1 rings (SSSR count). The van der Waals surface area contributed by atoms with Crippen molar-refractivity contribution in [1.82, 2.24) is 0 Å². The first-order valence-corrected chi connectivity index (χ1v) is 3.81. The van der Waals surface area contributed by atoms with Gasteiger partial charge in [-0.3, -0.25) is 4.79 Å². The minimum atomic E-state index is -0.348. The van der Waals surface area contributed by atoms with Crippen LogP contribution >= 0.6 is 0 Å². The lowest BCUT2D eigenvalue weighted by Crippen LogP contribution is -2.32. The van der Waals surface area contributed by atoms with Gasteiger partial charge in [0.2, 0.25) is 5.91 Å². The Balaban J connectivity index is 2.58. The van der Waals surface area contributed by atoms with Crippen molar-refractivity contribution >= 4 is 11.6 Å². The van der Waals surface area contributed by atoms with Gasteiger partial charge in [-0.2, -0.15) is 0 Å². The maximum atomic E-state index is 10.7. The first kappa shape index (κ1) is 8.59. The zero-order valence-electron chi connectivity index (χ0n) is 6.95. The van der Waals surface area contributed by atoms with Crippen LogP contribution in [0.1, 0.15) is 6.92 Å². The van der Waals surface area contributed by atoms with E-state index in [2.05, 4.69) is 5.32 Å². The third-order valence-corrected chi connectivity index (χ3v) is 1.58. The van der Waals surface area contributed by atoms with Crippen molar-refractivity contribution in [3.8, 4) is 0 Å². The molecule has 1 amide bonds. The van der Waals surface area contributed by atoms with Crippen LogP contribution in [0.5, 0.6) is 0 Å². The second-order valence-corrected chi connectivity index (χ2v) is 2.63. The molecule has 0 fully saturated rings. The van der Waals surface area contributed by atoms with E-state index in [-0.39, 0.29) is 11.9 Å². The number of benzene rings is 1. The van der Waals surface area contributed by atoms with Crippen molar-refractivity contribution < 1.29 is 4.79 Å². The minimum Gasteiger partial charge on any atom is -0.374 e. The van der Waals surface area contributed by atoms with Gasteiger partial charge in [-0.25, -0.2) is 0 Å². The van der Waals surface area contributed by atoms with Gasteiger partial charge in [0.25, 0.3) is 0 Å². The van der Waals surface area contributed by atoms with Crippen LogP contribution in [0, 0.1) is 0 Å². The second kappa shape index (κ2) is 3.76. The van der Waals surface area contributed by atoms with E-state index in [1.54, 1.807) is 6.92 Å². The summed E-state index contributed by atoms with van der Waals surface area (Å²) in [5, 5.41) is 2.97. The third-order valence-electron chi connectivity index (χ3n) is 1.58. The van der Waals surface area contributed by atoms with E-state index >= 15 is 0 Å². The van der Waals surface area contributed by atoms with Crippen molar-refractivity contribution in [2.75, 3.05) is 5.32 Å². The lowest BCUT2D eigenvalue weighted by molar-refractivity contribution is -0.118. The molecule has 0 radical (unpaired) electrons. The van der Waals surface area contributed by atoms with Crippen LogP contribution in [0.3, 0.4) is 0 Å². The number of primary amides is 1. The topological polar surface area (TPSA) is 55.1 Å². The molecule has 1 unspecified atom stereocenters. The minimum absolute atomic E-state index is 0.326. The normalized spacial score (nSPS) is 12.1. The largest absolute Gasteiger partial charge is 0.374 e. The predicted molar refractivity (Wildman–Crippen MR) is 48.7 cm³/mol. The molecule has 0 spiro atoms. The van der Waals surface area contributed by atoms with Gasteiger partial charge in [0.1, 0.15) is 6.04 Å². The van der Waals surface area contributed by atoms with E-state index in [4.69, 9.17) is 5.73 Å². The molecule has 64 valence electrons. The summed E-state index contributed by atoms with van der Waals surface area (Å²) in [5.74, 6) is -0.348. The molecule has 1 aromatic carbocycles. The van der Waals surface area contributed by atoms with Crippen molar-refractivity contribution in [2.24, 2.45) is 5.73 Å². The van der Waals surface area contributed by atoms with E-state index in [1.807, 2.05) is 30.3 Å². The number of para-hydroxylation sites is 1. The number of rotatable bonds is 3. The first-order chi connectivity index (χ1) is 5.70. The Kier molecular flexibility index (Phi) is 2.69. The fourth-order valence-corrected chi connectivity index (χ4v) is 0.856. The molecular formula is C9H12N2O. The van der Waals surface area contributed by atoms with E-state index in [0.29, 0.717) is 0 Å². The van der Waals surface area contributed by atoms with Crippen molar-refractivity contribution in [3.05, 3.63) is 30.3 Å². The second-order valence-electron chi connectivity index (χ2n) is 2.63. The van der Waals surface area contributed by atoms with Crippen molar-refractivity contribution in [2.45, 2.75) is 13.0 Å². The van der Waals surface area contributed by atoms with Gasteiger partial charge in [-0.05, 0) is 19.1 Å². The van der Waals surface area contributed by atoms with Crippen LogP contribution in [0.15, 0.2) is 30.3 Å². The highest BCUT2D eigenvalue weighted by molar-refractivity contribution is 5.82. The zero-order valence-corrected chi connectivity index (χ0v) is 6.95. The summed E-state index contributed by atoms with van der Waals surface area (Å²) in [7, 11) is 0. The lowest BCUT2D eigenvalue weighted by Gasteiger charge is -2.10. The maximum absolute atomic E-state index is 10.7. The summed E-state index contributed by atoms with van der Waals surface area (Å²) in [6, 6.07) is 9.16. The monoisotopic (exact) mass is 164 g/mol. The molecule has 0 bridgehead atoms. The summed E-state index contributed by atoms with van der Waals surface area (Å²) in [6.07, 6.45) is 0. The number of hydrogen-bond acceptors (Lipinski definition) is 2. The molecule has 0 aliphatic heterocycles. The number of hydrogen-bond donors (Lipinski definition) is 2. The van der Waals surface area contributed by atoms with E-state index in [0.717, 1.165) is 5.69 Å². The maximum Gasteiger partial charge on any atom is 0.239 e. The van der Waals surface area contributed by atoms with E-state index in [1.165, 1.54) is 0 Å². The zero-order chi connectivity index (χ0) is 8.97. The number of nitrogens with two attached hydrogens (primary N) is 1. The molecule has 0 saturated heterocycles. The average Bonchev–Trinajstić information content (AvgIpc) is 2.06. The van der Waals surface area contributed by atoms with Gasteiger partial charge in [0.15, 0.2) is 0 Å². The van der Waals surface area contributed by atoms with Crippen LogP contribution < -0.4 is 11.1 Å². The third kappa shape index (κ3) is 2.27. The van der Waals surface area contributed by atoms with Crippen LogP contribution in [0.2, 0.25) is 0 Å². The van der Waals surface area contributed by atoms with Gasteiger partial charge in [0.05, 0.1) is 0 Å². The Bertz CT molecular complexity index is 258. The quantitative estimate of drug-likeness (QED) is 0.699. The Morgan fingerprint density at radius 1 is 1.42 bits per heavy atom. The molecule has 0 aliphatic rings. The molecule has 1 aromatic rings. The Morgan fingerprint density at radius 2 is 2.00 bits per heavy atom. The van der Waals surface area contributed by atoms with Gasteiger partial charge < -0.3 is 11.1 Å². The smallest absolute Gasteiger partial charge is 0.239 e. The van der Waals surface area contributed by atoms with Crippen LogP contribution in [-0.4, -0.2) is 11.9 Å². The predicted octanol–water partition coefficient (Wildman–Crippen LogP) is 0.972. The SMILES string of the molecule is CC(Nc1ccccc1)C(N)=O. The number of anilines is 1. The lowest BCUT2D eigenvalue weighted by atomic mass is 10.2. The highest BCUT2D eigenvalue weighted by Gasteiger charge is 2.06. The molecule has 0 heterocycles. The number of carbonyl (C=O) groups excluding carboxylic acids is 1. The molecule has 0 aromatic heterocycles. The van der Waals surface area contributed by atoms with E-state index < -0.39 is 0 Å². The number of nitrogens with one attached hydrogen (secondary N) is 1. The summed E-state index contributed by atoms with van der Waals surface area (Å²) in [4.78, 5) is 10.7. The summed E-state index contributed by atoms with van der Waals surface area (Å²) in [5.41, 5.74) is 5.99. The molecule has 3 N–H and O–H groups in total. The summed E-state index contributed by atoms with van der Waals surface area (Å²) >= 11 is 0. The van der Waals surface area contributed by atoms with Gasteiger partial charge in [-0.1, -0.05) is 18.2 Å². The molecule has 0 aliphatic carbocycles. The van der Waals surface area contributed by atoms with Crippen LogP contribution in [0.25, 0.3) is 0 Å².